The highest BCUT2D eigenvalue weighted by molar-refractivity contribution is 7.89. The Labute approximate surface area is 120 Å². The first-order chi connectivity index (χ1) is 9.20. The van der Waals surface area contributed by atoms with E-state index in [4.69, 9.17) is 10.5 Å². The van der Waals surface area contributed by atoms with Crippen molar-refractivity contribution < 1.29 is 18.3 Å². The maximum absolute atomic E-state index is 12.6. The lowest BCUT2D eigenvalue weighted by molar-refractivity contribution is 0.0554. The standard InChI is InChI=1S/C13H22N2O4S/c1-9-5-11(14)6-10(2)13(9)20(17,18)15(3)7-12(16)8-19-4/h5-6,12,16H,7-8,14H2,1-4H3. The second-order valence-corrected chi connectivity index (χ2v) is 6.86. The number of methoxy groups -OCH3 is 1. The average Bonchev–Trinajstić information content (AvgIpc) is 2.26. The summed E-state index contributed by atoms with van der Waals surface area (Å²) in [4.78, 5) is 0.235. The summed E-state index contributed by atoms with van der Waals surface area (Å²) in [5, 5.41) is 9.66. The third-order valence-corrected chi connectivity index (χ3v) is 5.11. The molecule has 1 rings (SSSR count). The topological polar surface area (TPSA) is 92.9 Å². The second-order valence-electron chi connectivity index (χ2n) is 4.88. The van der Waals surface area contributed by atoms with E-state index in [1.165, 1.54) is 14.2 Å². The monoisotopic (exact) mass is 302 g/mol. The summed E-state index contributed by atoms with van der Waals surface area (Å²) in [6.45, 7) is 3.46. The number of benzene rings is 1. The highest BCUT2D eigenvalue weighted by atomic mass is 32.2. The number of ether oxygens (including phenoxy) is 1. The van der Waals surface area contributed by atoms with Gasteiger partial charge in [0.1, 0.15) is 0 Å². The molecule has 1 aromatic carbocycles. The van der Waals surface area contributed by atoms with E-state index in [2.05, 4.69) is 0 Å². The molecule has 0 saturated carbocycles. The average molecular weight is 302 g/mol. The lowest BCUT2D eigenvalue weighted by Crippen LogP contribution is -2.36. The quantitative estimate of drug-likeness (QED) is 0.747. The fraction of sp³-hybridized carbons (Fsp3) is 0.538. The molecule has 20 heavy (non-hydrogen) atoms. The van der Waals surface area contributed by atoms with Crippen LogP contribution < -0.4 is 5.73 Å². The molecular weight excluding hydrogens is 280 g/mol. The van der Waals surface area contributed by atoms with Crippen molar-refractivity contribution in [1.29, 1.82) is 0 Å². The van der Waals surface area contributed by atoms with E-state index < -0.39 is 16.1 Å². The molecule has 0 radical (unpaired) electrons. The molecule has 0 aromatic heterocycles. The van der Waals surface area contributed by atoms with Crippen molar-refractivity contribution in [1.82, 2.24) is 4.31 Å². The van der Waals surface area contributed by atoms with Crippen molar-refractivity contribution in [3.05, 3.63) is 23.3 Å². The molecule has 1 unspecified atom stereocenters. The summed E-state index contributed by atoms with van der Waals surface area (Å²) in [6, 6.07) is 3.25. The van der Waals surface area contributed by atoms with Crippen LogP contribution in [0.2, 0.25) is 0 Å². The van der Waals surface area contributed by atoms with E-state index in [0.29, 0.717) is 16.8 Å². The number of likely N-dealkylation sites (N-methyl/N-ethyl adjacent to an activating group) is 1. The van der Waals surface area contributed by atoms with Gasteiger partial charge < -0.3 is 15.6 Å². The van der Waals surface area contributed by atoms with Crippen LogP contribution in [0, 0.1) is 13.8 Å². The molecule has 0 spiro atoms. The Morgan fingerprint density at radius 2 is 1.85 bits per heavy atom. The number of aryl methyl sites for hydroxylation is 2. The third kappa shape index (κ3) is 3.69. The number of hydrogen-bond donors (Lipinski definition) is 2. The SMILES string of the molecule is COCC(O)CN(C)S(=O)(=O)c1c(C)cc(N)cc1C. The number of nitrogens with two attached hydrogens (primary N) is 1. The van der Waals surface area contributed by atoms with Crippen LogP contribution in [0.1, 0.15) is 11.1 Å². The summed E-state index contributed by atoms with van der Waals surface area (Å²) in [5.41, 5.74) is 7.42. The van der Waals surface area contributed by atoms with Crippen molar-refractivity contribution >= 4 is 15.7 Å². The minimum Gasteiger partial charge on any atom is -0.399 e. The Morgan fingerprint density at radius 3 is 2.30 bits per heavy atom. The maximum atomic E-state index is 12.6. The van der Waals surface area contributed by atoms with Crippen molar-refractivity contribution in [2.45, 2.75) is 24.8 Å². The van der Waals surface area contributed by atoms with E-state index in [0.717, 1.165) is 4.31 Å². The largest absolute Gasteiger partial charge is 0.399 e. The Bertz CT molecular complexity index is 549. The van der Waals surface area contributed by atoms with Gasteiger partial charge in [-0.2, -0.15) is 4.31 Å². The van der Waals surface area contributed by atoms with Crippen LogP contribution in [0.5, 0.6) is 0 Å². The molecule has 114 valence electrons. The normalized spacial score (nSPS) is 13.7. The van der Waals surface area contributed by atoms with Crippen LogP contribution in [0.4, 0.5) is 5.69 Å². The van der Waals surface area contributed by atoms with Crippen LogP contribution >= 0.6 is 0 Å². The van der Waals surface area contributed by atoms with Gasteiger partial charge in [0.2, 0.25) is 10.0 Å². The molecule has 0 saturated heterocycles. The van der Waals surface area contributed by atoms with Gasteiger partial charge in [0.25, 0.3) is 0 Å². The van der Waals surface area contributed by atoms with Crippen LogP contribution in [0.3, 0.4) is 0 Å². The summed E-state index contributed by atoms with van der Waals surface area (Å²) >= 11 is 0. The van der Waals surface area contributed by atoms with Crippen molar-refractivity contribution in [3.63, 3.8) is 0 Å². The minimum atomic E-state index is -3.67. The van der Waals surface area contributed by atoms with Gasteiger partial charge in [0, 0.05) is 26.4 Å². The predicted molar refractivity (Wildman–Crippen MR) is 78.0 cm³/mol. The fourth-order valence-corrected chi connectivity index (χ4v) is 3.80. The van der Waals surface area contributed by atoms with Crippen molar-refractivity contribution in [3.8, 4) is 0 Å². The molecule has 1 atom stereocenters. The van der Waals surface area contributed by atoms with Gasteiger partial charge in [0.05, 0.1) is 17.6 Å². The van der Waals surface area contributed by atoms with Gasteiger partial charge in [-0.1, -0.05) is 0 Å². The van der Waals surface area contributed by atoms with Gasteiger partial charge in [-0.15, -0.1) is 0 Å². The predicted octanol–water partition coefficient (Wildman–Crippen LogP) is 0.513. The number of hydrogen-bond acceptors (Lipinski definition) is 5. The van der Waals surface area contributed by atoms with E-state index in [9.17, 15) is 13.5 Å². The molecule has 7 heteroatoms. The number of sulfonamides is 1. The number of nitrogen functional groups attached to an aromatic ring is 1. The smallest absolute Gasteiger partial charge is 0.243 e. The molecule has 1 aromatic rings. The van der Waals surface area contributed by atoms with Crippen LogP contribution in [-0.2, 0) is 14.8 Å². The Balaban J connectivity index is 3.11. The van der Waals surface area contributed by atoms with E-state index in [-0.39, 0.29) is 18.0 Å². The number of rotatable bonds is 6. The first-order valence-electron chi connectivity index (χ1n) is 6.20. The number of nitrogens with zero attached hydrogens (tertiary/aromatic N) is 1. The first-order valence-corrected chi connectivity index (χ1v) is 7.64. The summed E-state index contributed by atoms with van der Waals surface area (Å²) in [5.74, 6) is 0. The van der Waals surface area contributed by atoms with Gasteiger partial charge in [-0.05, 0) is 37.1 Å². The molecule has 0 amide bonds. The molecule has 0 aliphatic rings. The summed E-state index contributed by atoms with van der Waals surface area (Å²) in [6.07, 6.45) is -0.867. The molecular formula is C13H22N2O4S. The minimum absolute atomic E-state index is 0.0283. The maximum Gasteiger partial charge on any atom is 0.243 e. The highest BCUT2D eigenvalue weighted by Crippen LogP contribution is 2.25. The van der Waals surface area contributed by atoms with E-state index >= 15 is 0 Å². The van der Waals surface area contributed by atoms with Gasteiger partial charge in [-0.25, -0.2) is 8.42 Å². The Kier molecular flexibility index (Phi) is 5.52. The van der Waals surface area contributed by atoms with E-state index in [1.807, 2.05) is 0 Å². The van der Waals surface area contributed by atoms with E-state index in [1.54, 1.807) is 26.0 Å². The Morgan fingerprint density at radius 1 is 1.35 bits per heavy atom. The molecule has 3 N–H and O–H groups in total. The van der Waals surface area contributed by atoms with Crippen molar-refractivity contribution in [2.75, 3.05) is 33.0 Å². The molecule has 0 aliphatic heterocycles. The molecule has 6 nitrogen and oxygen atoms in total. The van der Waals surface area contributed by atoms with Gasteiger partial charge in [-0.3, -0.25) is 0 Å². The lowest BCUT2D eigenvalue weighted by Gasteiger charge is -2.22. The third-order valence-electron chi connectivity index (χ3n) is 2.98. The first kappa shape index (κ1) is 16.9. The highest BCUT2D eigenvalue weighted by Gasteiger charge is 2.26. The van der Waals surface area contributed by atoms with Crippen LogP contribution in [0.15, 0.2) is 17.0 Å². The lowest BCUT2D eigenvalue weighted by atomic mass is 10.1. The zero-order valence-electron chi connectivity index (χ0n) is 12.3. The number of anilines is 1. The number of aliphatic hydroxyl groups is 1. The summed E-state index contributed by atoms with van der Waals surface area (Å²) in [7, 11) is -0.784. The zero-order chi connectivity index (χ0) is 15.5. The van der Waals surface area contributed by atoms with Gasteiger partial charge >= 0.3 is 0 Å². The van der Waals surface area contributed by atoms with Crippen molar-refractivity contribution in [2.24, 2.45) is 0 Å². The molecule has 0 fully saturated rings. The molecule has 0 bridgehead atoms. The molecule has 0 aliphatic carbocycles. The van der Waals surface area contributed by atoms with Crippen LogP contribution in [-0.4, -0.2) is 51.2 Å². The summed E-state index contributed by atoms with van der Waals surface area (Å²) < 4.78 is 31.0. The number of aliphatic hydroxyl groups excluding tert-OH is 1. The molecule has 0 heterocycles. The fourth-order valence-electron chi connectivity index (χ4n) is 2.19. The van der Waals surface area contributed by atoms with Gasteiger partial charge in [0.15, 0.2) is 0 Å². The second kappa shape index (κ2) is 6.53. The van der Waals surface area contributed by atoms with Crippen LogP contribution in [0.25, 0.3) is 0 Å². The zero-order valence-corrected chi connectivity index (χ0v) is 13.1. The Hall–Kier alpha value is -1.15.